The number of hydrogen-bond acceptors (Lipinski definition) is 4. The zero-order chi connectivity index (χ0) is 22.2. The number of ether oxygens (including phenoxy) is 2. The normalized spacial score (nSPS) is 11.9. The number of halogens is 1. The molecule has 0 saturated carbocycles. The Kier molecular flexibility index (Phi) is 7.62. The van der Waals surface area contributed by atoms with Crippen LogP contribution in [0.3, 0.4) is 0 Å². The highest BCUT2D eigenvalue weighted by molar-refractivity contribution is 5.69. The Bertz CT molecular complexity index is 992. The summed E-state index contributed by atoms with van der Waals surface area (Å²) in [5.41, 5.74) is 1.73. The fraction of sp³-hybridized carbons (Fsp3) is 0.240. The molecule has 0 radical (unpaired) electrons. The second-order valence-electron chi connectivity index (χ2n) is 7.42. The van der Waals surface area contributed by atoms with Crippen LogP contribution >= 0.6 is 0 Å². The summed E-state index contributed by atoms with van der Waals surface area (Å²) in [6.07, 6.45) is 0.202. The highest BCUT2D eigenvalue weighted by Crippen LogP contribution is 2.31. The standard InChI is InChI=1S/C25H26FNO4/c1-18-16-22(30-21-6-4-3-5-7-21)12-13-23(18)31-24(14-15-27(2)17-25(28)29)19-8-10-20(26)11-9-19/h3-13,16,24H,14-15,17H2,1-2H3,(H,28,29). The molecule has 0 bridgehead atoms. The molecule has 0 aromatic heterocycles. The number of hydrogen-bond donors (Lipinski definition) is 1. The summed E-state index contributed by atoms with van der Waals surface area (Å²) in [6.45, 7) is 2.40. The third-order valence-electron chi connectivity index (χ3n) is 4.81. The van der Waals surface area contributed by atoms with Crippen LogP contribution in [0.2, 0.25) is 0 Å². The average Bonchev–Trinajstić information content (AvgIpc) is 2.73. The summed E-state index contributed by atoms with van der Waals surface area (Å²) in [5, 5.41) is 8.97. The average molecular weight is 423 g/mol. The molecule has 0 fully saturated rings. The van der Waals surface area contributed by atoms with Gasteiger partial charge in [-0.15, -0.1) is 0 Å². The molecular weight excluding hydrogens is 397 g/mol. The van der Waals surface area contributed by atoms with Crippen LogP contribution in [0.4, 0.5) is 4.39 Å². The minimum atomic E-state index is -0.883. The zero-order valence-electron chi connectivity index (χ0n) is 17.6. The maximum absolute atomic E-state index is 13.4. The molecule has 3 aromatic rings. The number of para-hydroxylation sites is 1. The molecule has 1 N–H and O–H groups in total. The third-order valence-corrected chi connectivity index (χ3v) is 4.81. The Hall–Kier alpha value is -3.38. The van der Waals surface area contributed by atoms with E-state index < -0.39 is 5.97 Å². The van der Waals surface area contributed by atoms with Crippen molar-refractivity contribution in [2.75, 3.05) is 20.1 Å². The molecule has 0 spiro atoms. The molecule has 3 aromatic carbocycles. The van der Waals surface area contributed by atoms with Crippen molar-refractivity contribution in [1.82, 2.24) is 4.90 Å². The van der Waals surface area contributed by atoms with Gasteiger partial charge in [-0.1, -0.05) is 30.3 Å². The van der Waals surface area contributed by atoms with Crippen LogP contribution in [-0.2, 0) is 4.79 Å². The van der Waals surface area contributed by atoms with E-state index in [1.165, 1.54) is 12.1 Å². The molecule has 0 aliphatic rings. The van der Waals surface area contributed by atoms with Crippen LogP contribution in [0.25, 0.3) is 0 Å². The molecule has 3 rings (SSSR count). The Labute approximate surface area is 181 Å². The Morgan fingerprint density at radius 1 is 1.03 bits per heavy atom. The summed E-state index contributed by atoms with van der Waals surface area (Å²) < 4.78 is 25.5. The lowest BCUT2D eigenvalue weighted by molar-refractivity contribution is -0.138. The number of carboxylic acids is 1. The molecule has 162 valence electrons. The number of benzene rings is 3. The van der Waals surface area contributed by atoms with Gasteiger partial charge in [0.1, 0.15) is 29.2 Å². The van der Waals surface area contributed by atoms with Gasteiger partial charge in [0.25, 0.3) is 0 Å². The van der Waals surface area contributed by atoms with Crippen LogP contribution in [-0.4, -0.2) is 36.1 Å². The number of aliphatic carboxylic acids is 1. The predicted octanol–water partition coefficient (Wildman–Crippen LogP) is 5.45. The molecule has 0 aliphatic carbocycles. The van der Waals surface area contributed by atoms with Crippen LogP contribution < -0.4 is 9.47 Å². The molecule has 0 saturated heterocycles. The minimum Gasteiger partial charge on any atom is -0.485 e. The van der Waals surface area contributed by atoms with E-state index in [1.54, 1.807) is 24.1 Å². The quantitative estimate of drug-likeness (QED) is 0.470. The summed E-state index contributed by atoms with van der Waals surface area (Å²) in [6, 6.07) is 21.3. The van der Waals surface area contributed by atoms with Crippen molar-refractivity contribution in [2.24, 2.45) is 0 Å². The van der Waals surface area contributed by atoms with Crippen molar-refractivity contribution in [2.45, 2.75) is 19.4 Å². The molecule has 0 amide bonds. The Balaban J connectivity index is 1.74. The lowest BCUT2D eigenvalue weighted by atomic mass is 10.1. The SMILES string of the molecule is Cc1cc(Oc2ccccc2)ccc1OC(CCN(C)CC(=O)O)c1ccc(F)cc1. The maximum atomic E-state index is 13.4. The van der Waals surface area contributed by atoms with Crippen LogP contribution in [0.5, 0.6) is 17.2 Å². The van der Waals surface area contributed by atoms with Crippen molar-refractivity contribution in [3.63, 3.8) is 0 Å². The highest BCUT2D eigenvalue weighted by atomic mass is 19.1. The highest BCUT2D eigenvalue weighted by Gasteiger charge is 2.17. The number of nitrogens with zero attached hydrogens (tertiary/aromatic N) is 1. The van der Waals surface area contributed by atoms with Gasteiger partial charge >= 0.3 is 5.97 Å². The zero-order valence-corrected chi connectivity index (χ0v) is 17.6. The number of carboxylic acid groups (broad SMARTS) is 1. The second kappa shape index (κ2) is 10.6. The monoisotopic (exact) mass is 423 g/mol. The van der Waals surface area contributed by atoms with Crippen LogP contribution in [0.1, 0.15) is 23.7 Å². The first-order valence-electron chi connectivity index (χ1n) is 10.1. The van der Waals surface area contributed by atoms with E-state index in [0.29, 0.717) is 24.5 Å². The van der Waals surface area contributed by atoms with Gasteiger partial charge in [-0.05, 0) is 67.6 Å². The fourth-order valence-electron chi connectivity index (χ4n) is 3.21. The van der Waals surface area contributed by atoms with E-state index in [1.807, 2.05) is 55.5 Å². The number of aryl methyl sites for hydroxylation is 1. The second-order valence-corrected chi connectivity index (χ2v) is 7.42. The van der Waals surface area contributed by atoms with E-state index in [9.17, 15) is 9.18 Å². The van der Waals surface area contributed by atoms with E-state index in [2.05, 4.69) is 0 Å². The summed E-state index contributed by atoms with van der Waals surface area (Å²) in [5.74, 6) is 0.947. The van der Waals surface area contributed by atoms with Crippen molar-refractivity contribution in [1.29, 1.82) is 0 Å². The molecule has 0 aliphatic heterocycles. The maximum Gasteiger partial charge on any atom is 0.317 e. The minimum absolute atomic E-state index is 0.0549. The summed E-state index contributed by atoms with van der Waals surface area (Å²) in [4.78, 5) is 12.6. The van der Waals surface area contributed by atoms with E-state index in [0.717, 1.165) is 16.9 Å². The third kappa shape index (κ3) is 6.83. The molecule has 6 heteroatoms. The van der Waals surface area contributed by atoms with E-state index in [-0.39, 0.29) is 18.5 Å². The van der Waals surface area contributed by atoms with Gasteiger partial charge in [-0.2, -0.15) is 0 Å². The molecular formula is C25H26FNO4. The molecule has 0 heterocycles. The van der Waals surface area contributed by atoms with Gasteiger partial charge in [0.15, 0.2) is 0 Å². The molecule has 31 heavy (non-hydrogen) atoms. The largest absolute Gasteiger partial charge is 0.485 e. The predicted molar refractivity (Wildman–Crippen MR) is 117 cm³/mol. The van der Waals surface area contributed by atoms with Crippen LogP contribution in [0, 0.1) is 12.7 Å². The lowest BCUT2D eigenvalue weighted by Gasteiger charge is -2.23. The summed E-state index contributed by atoms with van der Waals surface area (Å²) >= 11 is 0. The molecule has 1 atom stereocenters. The van der Waals surface area contributed by atoms with Gasteiger partial charge in [-0.3, -0.25) is 9.69 Å². The fourth-order valence-corrected chi connectivity index (χ4v) is 3.21. The summed E-state index contributed by atoms with van der Waals surface area (Å²) in [7, 11) is 1.75. The number of likely N-dealkylation sites (N-methyl/N-ethyl adjacent to an activating group) is 1. The van der Waals surface area contributed by atoms with Gasteiger partial charge in [-0.25, -0.2) is 4.39 Å². The first-order chi connectivity index (χ1) is 14.9. The molecule has 5 nitrogen and oxygen atoms in total. The van der Waals surface area contributed by atoms with Crippen molar-refractivity contribution in [3.05, 3.63) is 89.7 Å². The van der Waals surface area contributed by atoms with Crippen molar-refractivity contribution >= 4 is 5.97 Å². The van der Waals surface area contributed by atoms with Gasteiger partial charge in [0.2, 0.25) is 0 Å². The van der Waals surface area contributed by atoms with E-state index in [4.69, 9.17) is 14.6 Å². The van der Waals surface area contributed by atoms with Crippen molar-refractivity contribution < 1.29 is 23.8 Å². The smallest absolute Gasteiger partial charge is 0.317 e. The van der Waals surface area contributed by atoms with Gasteiger partial charge < -0.3 is 14.6 Å². The molecule has 1 unspecified atom stereocenters. The first kappa shape index (κ1) is 22.3. The lowest BCUT2D eigenvalue weighted by Crippen LogP contribution is -2.28. The van der Waals surface area contributed by atoms with E-state index >= 15 is 0 Å². The van der Waals surface area contributed by atoms with Gasteiger partial charge in [0, 0.05) is 13.0 Å². The topological polar surface area (TPSA) is 59.0 Å². The van der Waals surface area contributed by atoms with Crippen molar-refractivity contribution in [3.8, 4) is 17.2 Å². The van der Waals surface area contributed by atoms with Gasteiger partial charge in [0.05, 0.1) is 6.54 Å². The van der Waals surface area contributed by atoms with Crippen LogP contribution in [0.15, 0.2) is 72.8 Å². The first-order valence-corrected chi connectivity index (χ1v) is 10.1. The Morgan fingerprint density at radius 3 is 2.39 bits per heavy atom. The Morgan fingerprint density at radius 2 is 1.74 bits per heavy atom. The number of carbonyl (C=O) groups is 1. The number of rotatable bonds is 10.